The molecule has 1 fully saturated rings. The fraction of sp³-hybridized carbons (Fsp3) is 0.571. The predicted molar refractivity (Wildman–Crippen MR) is 86.1 cm³/mol. The number of hydrogen-bond donors (Lipinski definition) is 1. The highest BCUT2D eigenvalue weighted by atomic mass is 35.5. The molecule has 0 bridgehead atoms. The first-order chi connectivity index (χ1) is 10.3. The van der Waals surface area contributed by atoms with Gasteiger partial charge in [0.2, 0.25) is 0 Å². The van der Waals surface area contributed by atoms with Crippen LogP contribution in [0.1, 0.15) is 30.7 Å². The lowest BCUT2D eigenvalue weighted by molar-refractivity contribution is -0.122. The van der Waals surface area contributed by atoms with Gasteiger partial charge in [-0.2, -0.15) is 13.5 Å². The lowest BCUT2D eigenvalue weighted by Gasteiger charge is -2.30. The monoisotopic (exact) mass is 367 g/mol. The van der Waals surface area contributed by atoms with Crippen molar-refractivity contribution in [2.45, 2.75) is 31.2 Å². The summed E-state index contributed by atoms with van der Waals surface area (Å²) >= 11 is 12.0. The van der Waals surface area contributed by atoms with Crippen molar-refractivity contribution in [2.75, 3.05) is 19.4 Å². The SMILES string of the molecule is COS(=O)(=O)C[C@H]1[C@@H](c2ccc(Cl)c(Cl)c2)CCCCN1O. The van der Waals surface area contributed by atoms with Gasteiger partial charge in [-0.1, -0.05) is 35.7 Å². The molecule has 1 heterocycles. The van der Waals surface area contributed by atoms with Crippen molar-refractivity contribution in [1.29, 1.82) is 0 Å². The molecule has 124 valence electrons. The molecule has 1 aliphatic rings. The highest BCUT2D eigenvalue weighted by Crippen LogP contribution is 2.35. The van der Waals surface area contributed by atoms with Gasteiger partial charge in [0.1, 0.15) is 0 Å². The summed E-state index contributed by atoms with van der Waals surface area (Å²) in [5.74, 6) is -0.433. The van der Waals surface area contributed by atoms with Crippen LogP contribution in [0.4, 0.5) is 0 Å². The minimum absolute atomic E-state index is 0.160. The molecule has 0 radical (unpaired) electrons. The molecule has 1 aromatic rings. The standard InChI is InChI=1S/C14H19Cl2NO4S/c1-21-22(19,20)9-14-11(4-2-3-7-17(14)18)10-5-6-12(15)13(16)8-10/h5-6,8,11,14,18H,2-4,7,9H2,1H3/t11-,14+/m1/s1. The van der Waals surface area contributed by atoms with Crippen LogP contribution in [0.2, 0.25) is 10.0 Å². The Hall–Kier alpha value is -0.370. The lowest BCUT2D eigenvalue weighted by atomic mass is 9.89. The quantitative estimate of drug-likeness (QED) is 0.826. The van der Waals surface area contributed by atoms with Crippen molar-refractivity contribution >= 4 is 33.3 Å². The normalized spacial score (nSPS) is 24.2. The molecule has 0 spiro atoms. The van der Waals surface area contributed by atoms with Crippen molar-refractivity contribution in [3.63, 3.8) is 0 Å². The zero-order valence-corrected chi connectivity index (χ0v) is 14.5. The highest BCUT2D eigenvalue weighted by Gasteiger charge is 2.34. The number of rotatable bonds is 4. The summed E-state index contributed by atoms with van der Waals surface area (Å²) in [6, 6.07) is 4.67. The van der Waals surface area contributed by atoms with E-state index in [0.717, 1.165) is 37.0 Å². The maximum Gasteiger partial charge on any atom is 0.268 e. The van der Waals surface area contributed by atoms with E-state index >= 15 is 0 Å². The van der Waals surface area contributed by atoms with Gasteiger partial charge in [-0.15, -0.1) is 0 Å². The molecule has 0 amide bonds. The van der Waals surface area contributed by atoms with E-state index in [0.29, 0.717) is 16.6 Å². The van der Waals surface area contributed by atoms with Gasteiger partial charge in [0.05, 0.1) is 28.9 Å². The molecule has 0 aliphatic carbocycles. The van der Waals surface area contributed by atoms with Crippen LogP contribution < -0.4 is 0 Å². The molecular weight excluding hydrogens is 349 g/mol. The van der Waals surface area contributed by atoms with Gasteiger partial charge < -0.3 is 5.21 Å². The van der Waals surface area contributed by atoms with Crippen molar-refractivity contribution < 1.29 is 17.8 Å². The van der Waals surface area contributed by atoms with Gasteiger partial charge >= 0.3 is 0 Å². The first-order valence-electron chi connectivity index (χ1n) is 7.03. The molecule has 2 atom stereocenters. The second-order valence-corrected chi connectivity index (χ2v) is 7.99. The Morgan fingerprint density at radius 3 is 2.68 bits per heavy atom. The summed E-state index contributed by atoms with van der Waals surface area (Å²) in [6.45, 7) is 0.432. The van der Waals surface area contributed by atoms with Crippen LogP contribution in [0.5, 0.6) is 0 Å². The molecule has 0 unspecified atom stereocenters. The summed E-state index contributed by atoms with van der Waals surface area (Å²) in [6.07, 6.45) is 2.46. The maximum atomic E-state index is 11.8. The lowest BCUT2D eigenvalue weighted by Crippen LogP contribution is -2.41. The predicted octanol–water partition coefficient (Wildman–Crippen LogP) is 3.30. The van der Waals surface area contributed by atoms with Crippen molar-refractivity contribution in [2.24, 2.45) is 0 Å². The molecule has 22 heavy (non-hydrogen) atoms. The smallest absolute Gasteiger partial charge is 0.268 e. The zero-order chi connectivity index (χ0) is 16.3. The molecule has 1 aliphatic heterocycles. The van der Waals surface area contributed by atoms with E-state index in [9.17, 15) is 13.6 Å². The Balaban J connectivity index is 2.36. The third-order valence-corrected chi connectivity index (χ3v) is 6.00. The van der Waals surface area contributed by atoms with Gasteiger partial charge in [0.15, 0.2) is 0 Å². The second kappa shape index (κ2) is 7.47. The molecule has 5 nitrogen and oxygen atoms in total. The largest absolute Gasteiger partial charge is 0.314 e. The van der Waals surface area contributed by atoms with E-state index in [1.54, 1.807) is 12.1 Å². The van der Waals surface area contributed by atoms with Crippen LogP contribution in [0.3, 0.4) is 0 Å². The first kappa shape index (κ1) is 18.0. The minimum atomic E-state index is -3.69. The number of hydrogen-bond acceptors (Lipinski definition) is 5. The fourth-order valence-corrected chi connectivity index (χ4v) is 4.08. The van der Waals surface area contributed by atoms with E-state index < -0.39 is 16.2 Å². The summed E-state index contributed by atoms with van der Waals surface area (Å²) in [4.78, 5) is 0. The first-order valence-corrected chi connectivity index (χ1v) is 9.36. The van der Waals surface area contributed by atoms with Crippen LogP contribution in [-0.2, 0) is 14.3 Å². The van der Waals surface area contributed by atoms with Crippen LogP contribution in [0, 0.1) is 0 Å². The summed E-state index contributed by atoms with van der Waals surface area (Å²) in [5, 5.41) is 12.2. The average Bonchev–Trinajstić information content (AvgIpc) is 2.65. The highest BCUT2D eigenvalue weighted by molar-refractivity contribution is 7.86. The van der Waals surface area contributed by atoms with Gasteiger partial charge in [-0.05, 0) is 30.5 Å². The Labute approximate surface area is 140 Å². The van der Waals surface area contributed by atoms with Crippen LogP contribution >= 0.6 is 23.2 Å². The Kier molecular flexibility index (Phi) is 6.10. The summed E-state index contributed by atoms with van der Waals surface area (Å²) in [5.41, 5.74) is 0.867. The Morgan fingerprint density at radius 1 is 1.32 bits per heavy atom. The molecule has 1 N–H and O–H groups in total. The van der Waals surface area contributed by atoms with Crippen LogP contribution in [0.25, 0.3) is 0 Å². The summed E-state index contributed by atoms with van der Waals surface area (Å²) in [7, 11) is -2.56. The number of benzene rings is 1. The third kappa shape index (κ3) is 4.34. The van der Waals surface area contributed by atoms with Gasteiger partial charge in [0.25, 0.3) is 10.1 Å². The topological polar surface area (TPSA) is 66.8 Å². The van der Waals surface area contributed by atoms with Crippen molar-refractivity contribution in [1.82, 2.24) is 5.06 Å². The molecule has 8 heteroatoms. The van der Waals surface area contributed by atoms with E-state index in [1.165, 1.54) is 0 Å². The molecule has 0 saturated carbocycles. The van der Waals surface area contributed by atoms with Gasteiger partial charge in [0, 0.05) is 12.5 Å². The zero-order valence-electron chi connectivity index (χ0n) is 12.2. The van der Waals surface area contributed by atoms with Crippen LogP contribution in [-0.4, -0.2) is 44.1 Å². The van der Waals surface area contributed by atoms with E-state index in [-0.39, 0.29) is 11.7 Å². The molecular formula is C14H19Cl2NO4S. The second-order valence-electron chi connectivity index (χ2n) is 5.40. The molecule has 2 rings (SSSR count). The average molecular weight is 368 g/mol. The fourth-order valence-electron chi connectivity index (χ4n) is 2.82. The van der Waals surface area contributed by atoms with Gasteiger partial charge in [-0.3, -0.25) is 4.18 Å². The Morgan fingerprint density at radius 2 is 2.05 bits per heavy atom. The van der Waals surface area contributed by atoms with Gasteiger partial charge in [-0.25, -0.2) is 0 Å². The Bertz CT molecular complexity index is 623. The number of halogens is 2. The van der Waals surface area contributed by atoms with E-state index in [4.69, 9.17) is 23.2 Å². The van der Waals surface area contributed by atoms with Crippen molar-refractivity contribution in [3.05, 3.63) is 33.8 Å². The molecule has 1 saturated heterocycles. The number of hydroxylamine groups is 2. The molecule has 0 aromatic heterocycles. The molecule has 1 aromatic carbocycles. The van der Waals surface area contributed by atoms with Crippen LogP contribution in [0.15, 0.2) is 18.2 Å². The third-order valence-electron chi connectivity index (χ3n) is 4.00. The van der Waals surface area contributed by atoms with E-state index in [2.05, 4.69) is 4.18 Å². The van der Waals surface area contributed by atoms with E-state index in [1.807, 2.05) is 6.07 Å². The number of nitrogens with zero attached hydrogens (tertiary/aromatic N) is 1. The summed E-state index contributed by atoms with van der Waals surface area (Å²) < 4.78 is 28.2. The maximum absolute atomic E-state index is 11.8. The minimum Gasteiger partial charge on any atom is -0.314 e. The van der Waals surface area contributed by atoms with Crippen molar-refractivity contribution in [3.8, 4) is 0 Å².